The van der Waals surface area contributed by atoms with Crippen LogP contribution in [0, 0.1) is 11.8 Å². The monoisotopic (exact) mass is 387 g/mol. The van der Waals surface area contributed by atoms with Crippen molar-refractivity contribution in [1.82, 2.24) is 15.3 Å². The largest absolute Gasteiger partial charge is 0.376 e. The third-order valence-electron chi connectivity index (χ3n) is 6.12. The minimum absolute atomic E-state index is 0.220. The van der Waals surface area contributed by atoms with Crippen molar-refractivity contribution < 1.29 is 9.53 Å². The van der Waals surface area contributed by atoms with Crippen LogP contribution in [-0.2, 0) is 9.53 Å². The minimum atomic E-state index is 0.220. The highest BCUT2D eigenvalue weighted by molar-refractivity contribution is 5.81. The molecule has 0 radical (unpaired) electrons. The first-order valence-corrected chi connectivity index (χ1v) is 10.9. The van der Waals surface area contributed by atoms with Gasteiger partial charge in [-0.05, 0) is 44.4 Å². The van der Waals surface area contributed by atoms with Crippen LogP contribution in [0.5, 0.6) is 0 Å². The quantitative estimate of drug-likeness (QED) is 0.781. The fourth-order valence-electron chi connectivity index (χ4n) is 4.32. The number of nitrogens with zero attached hydrogens (tertiary/aromatic N) is 3. The summed E-state index contributed by atoms with van der Waals surface area (Å²) in [6.45, 7) is 7.09. The fourth-order valence-corrected chi connectivity index (χ4v) is 4.32. The first-order valence-electron chi connectivity index (χ1n) is 10.9. The molecular weight excluding hydrogens is 354 g/mol. The molecule has 7 nitrogen and oxygen atoms in total. The number of carbonyl (C=O) groups excluding carboxylic acids is 1. The van der Waals surface area contributed by atoms with E-state index in [4.69, 9.17) is 4.74 Å². The Hall–Kier alpha value is -1.89. The molecule has 2 unspecified atom stereocenters. The Balaban J connectivity index is 1.33. The average Bonchev–Trinajstić information content (AvgIpc) is 3.54. The highest BCUT2D eigenvalue weighted by atomic mass is 16.5. The van der Waals surface area contributed by atoms with Crippen LogP contribution in [0.2, 0.25) is 0 Å². The summed E-state index contributed by atoms with van der Waals surface area (Å²) in [6.07, 6.45) is 8.11. The normalized spacial score (nSPS) is 26.3. The lowest BCUT2D eigenvalue weighted by Crippen LogP contribution is -2.45. The van der Waals surface area contributed by atoms with Crippen molar-refractivity contribution in [3.63, 3.8) is 0 Å². The zero-order valence-electron chi connectivity index (χ0n) is 17.1. The number of carbonyl (C=O) groups is 1. The van der Waals surface area contributed by atoms with Crippen molar-refractivity contribution in [2.24, 2.45) is 11.8 Å². The van der Waals surface area contributed by atoms with Crippen LogP contribution in [0.15, 0.2) is 12.4 Å². The Morgan fingerprint density at radius 1 is 1.18 bits per heavy atom. The Labute approximate surface area is 167 Å². The molecule has 4 rings (SSSR count). The molecule has 7 heteroatoms. The summed E-state index contributed by atoms with van der Waals surface area (Å²) < 4.78 is 5.98. The molecule has 3 aliphatic rings. The zero-order chi connectivity index (χ0) is 19.5. The molecule has 1 aromatic heterocycles. The van der Waals surface area contributed by atoms with Gasteiger partial charge in [-0.1, -0.05) is 13.8 Å². The lowest BCUT2D eigenvalue weighted by molar-refractivity contribution is -0.123. The van der Waals surface area contributed by atoms with Gasteiger partial charge in [0.1, 0.15) is 18.0 Å². The standard InChI is InChI=1S/C21H33N5O2/c1-14(2)20-17(4-3-11-28-20)25-18-12-19(23-13-22-18)26-9-7-16(8-10-26)24-21(27)15-5-6-15/h12-17,20H,3-11H2,1-2H3,(H,24,27)(H,22,23,25). The van der Waals surface area contributed by atoms with Crippen LogP contribution in [0.4, 0.5) is 11.6 Å². The van der Waals surface area contributed by atoms with Crippen molar-refractivity contribution in [3.8, 4) is 0 Å². The van der Waals surface area contributed by atoms with E-state index in [0.717, 1.165) is 69.9 Å². The van der Waals surface area contributed by atoms with Crippen LogP contribution in [0.25, 0.3) is 0 Å². The summed E-state index contributed by atoms with van der Waals surface area (Å²) in [6, 6.07) is 2.64. The number of nitrogens with one attached hydrogen (secondary N) is 2. The molecule has 3 fully saturated rings. The van der Waals surface area contributed by atoms with E-state index in [9.17, 15) is 4.79 Å². The van der Waals surface area contributed by atoms with Crippen molar-refractivity contribution in [3.05, 3.63) is 12.4 Å². The van der Waals surface area contributed by atoms with Gasteiger partial charge >= 0.3 is 0 Å². The van der Waals surface area contributed by atoms with Gasteiger partial charge in [0.05, 0.1) is 12.1 Å². The van der Waals surface area contributed by atoms with Crippen molar-refractivity contribution in [1.29, 1.82) is 0 Å². The Morgan fingerprint density at radius 2 is 1.96 bits per heavy atom. The maximum atomic E-state index is 12.0. The van der Waals surface area contributed by atoms with Gasteiger partial charge in [-0.15, -0.1) is 0 Å². The molecule has 1 amide bonds. The summed E-state index contributed by atoms with van der Waals surface area (Å²) in [4.78, 5) is 23.2. The van der Waals surface area contributed by atoms with E-state index in [1.54, 1.807) is 6.33 Å². The molecule has 154 valence electrons. The molecule has 1 aromatic rings. The van der Waals surface area contributed by atoms with E-state index in [-0.39, 0.29) is 17.9 Å². The van der Waals surface area contributed by atoms with Crippen LogP contribution < -0.4 is 15.5 Å². The SMILES string of the molecule is CC(C)C1OCCCC1Nc1cc(N2CCC(NC(=O)C3CC3)CC2)ncn1. The predicted octanol–water partition coefficient (Wildman–Crippen LogP) is 2.59. The van der Waals surface area contributed by atoms with Gasteiger partial charge in [-0.3, -0.25) is 4.79 Å². The molecule has 3 heterocycles. The summed E-state index contributed by atoms with van der Waals surface area (Å²) in [5.41, 5.74) is 0. The molecule has 28 heavy (non-hydrogen) atoms. The molecule has 2 atom stereocenters. The maximum absolute atomic E-state index is 12.0. The first kappa shape index (κ1) is 19.4. The topological polar surface area (TPSA) is 79.4 Å². The van der Waals surface area contributed by atoms with Gasteiger partial charge in [-0.2, -0.15) is 0 Å². The number of rotatable bonds is 6. The third-order valence-corrected chi connectivity index (χ3v) is 6.12. The third kappa shape index (κ3) is 4.74. The second kappa shape index (κ2) is 8.64. The van der Waals surface area contributed by atoms with E-state index in [1.807, 2.05) is 0 Å². The number of amides is 1. The van der Waals surface area contributed by atoms with Gasteiger partial charge in [-0.25, -0.2) is 9.97 Å². The lowest BCUT2D eigenvalue weighted by Gasteiger charge is -2.35. The lowest BCUT2D eigenvalue weighted by atomic mass is 9.93. The second-order valence-corrected chi connectivity index (χ2v) is 8.78. The van der Waals surface area contributed by atoms with Gasteiger partial charge in [0.15, 0.2) is 0 Å². The van der Waals surface area contributed by atoms with Gasteiger partial charge < -0.3 is 20.3 Å². The highest BCUT2D eigenvalue weighted by Gasteiger charge is 2.32. The van der Waals surface area contributed by atoms with Gasteiger partial charge in [0.25, 0.3) is 0 Å². The molecule has 1 saturated carbocycles. The van der Waals surface area contributed by atoms with Gasteiger partial charge in [0.2, 0.25) is 5.91 Å². The minimum Gasteiger partial charge on any atom is -0.376 e. The van der Waals surface area contributed by atoms with Crippen molar-refractivity contribution in [2.45, 2.75) is 70.6 Å². The number of ether oxygens (including phenoxy) is 1. The molecule has 0 aromatic carbocycles. The number of aromatic nitrogens is 2. The summed E-state index contributed by atoms with van der Waals surface area (Å²) in [5, 5.41) is 6.80. The molecule has 1 aliphatic carbocycles. The Kier molecular flexibility index (Phi) is 5.99. The summed E-state index contributed by atoms with van der Waals surface area (Å²) in [5.74, 6) is 2.84. The Bertz CT molecular complexity index is 671. The Morgan fingerprint density at radius 3 is 2.68 bits per heavy atom. The second-order valence-electron chi connectivity index (χ2n) is 8.78. The molecule has 0 bridgehead atoms. The van der Waals surface area contributed by atoms with Crippen LogP contribution >= 0.6 is 0 Å². The number of piperidine rings is 1. The zero-order valence-corrected chi connectivity index (χ0v) is 17.1. The van der Waals surface area contributed by atoms with E-state index in [0.29, 0.717) is 18.0 Å². The van der Waals surface area contributed by atoms with E-state index >= 15 is 0 Å². The van der Waals surface area contributed by atoms with Gasteiger partial charge in [0, 0.05) is 37.7 Å². The predicted molar refractivity (Wildman–Crippen MR) is 109 cm³/mol. The van der Waals surface area contributed by atoms with Crippen molar-refractivity contribution >= 4 is 17.5 Å². The smallest absolute Gasteiger partial charge is 0.223 e. The average molecular weight is 388 g/mol. The van der Waals surface area contributed by atoms with Crippen LogP contribution in [0.1, 0.15) is 52.4 Å². The van der Waals surface area contributed by atoms with E-state index in [1.165, 1.54) is 0 Å². The van der Waals surface area contributed by atoms with Crippen LogP contribution in [0.3, 0.4) is 0 Å². The first-order chi connectivity index (χ1) is 13.6. The fraction of sp³-hybridized carbons (Fsp3) is 0.762. The maximum Gasteiger partial charge on any atom is 0.223 e. The summed E-state index contributed by atoms with van der Waals surface area (Å²) >= 11 is 0. The number of hydrogen-bond donors (Lipinski definition) is 2. The molecule has 2 N–H and O–H groups in total. The number of hydrogen-bond acceptors (Lipinski definition) is 6. The molecule has 2 saturated heterocycles. The molecular formula is C21H33N5O2. The number of anilines is 2. The highest BCUT2D eigenvalue weighted by Crippen LogP contribution is 2.30. The summed E-state index contributed by atoms with van der Waals surface area (Å²) in [7, 11) is 0. The van der Waals surface area contributed by atoms with Crippen LogP contribution in [-0.4, -0.2) is 53.8 Å². The van der Waals surface area contributed by atoms with Crippen molar-refractivity contribution in [2.75, 3.05) is 29.9 Å². The molecule has 2 aliphatic heterocycles. The van der Waals surface area contributed by atoms with E-state index < -0.39 is 0 Å². The molecule has 0 spiro atoms. The van der Waals surface area contributed by atoms with E-state index in [2.05, 4.69) is 45.4 Å².